The van der Waals surface area contributed by atoms with Gasteiger partial charge in [-0.25, -0.2) is 15.0 Å². The summed E-state index contributed by atoms with van der Waals surface area (Å²) in [5.74, 6) is 0.925. The molecule has 0 spiro atoms. The molecule has 0 aliphatic heterocycles. The highest BCUT2D eigenvalue weighted by atomic mass is 16.2. The molecule has 2 aliphatic carbocycles. The van der Waals surface area contributed by atoms with Gasteiger partial charge in [0, 0.05) is 18.3 Å². The van der Waals surface area contributed by atoms with Crippen LogP contribution in [-0.4, -0.2) is 41.8 Å². The smallest absolute Gasteiger partial charge is 0.254 e. The van der Waals surface area contributed by atoms with E-state index in [0.29, 0.717) is 23.9 Å². The van der Waals surface area contributed by atoms with Crippen LogP contribution in [0.1, 0.15) is 48.5 Å². The standard InChI is InChI=1S/C24H29N7O/c1-17(22(29-16-27)30-18(2)28-13-3-12-25)31(14-19-4-5-19)23(32)20-6-8-21(9-7-20)24(15-26)10-11-24/h3,6-9,12-13,16-17,19H,2,4-5,10-11,14,25H2,1H3,(H2,27,29,30)/b12-3-,28-13?. The summed E-state index contributed by atoms with van der Waals surface area (Å²) in [6.07, 6.45) is 9.45. The molecule has 0 radical (unpaired) electrons. The van der Waals surface area contributed by atoms with E-state index < -0.39 is 6.04 Å². The lowest BCUT2D eigenvalue weighted by atomic mass is 9.96. The van der Waals surface area contributed by atoms with Crippen LogP contribution in [0.4, 0.5) is 0 Å². The third kappa shape index (κ3) is 5.49. The highest BCUT2D eigenvalue weighted by Crippen LogP contribution is 2.47. The molecule has 2 aliphatic rings. The molecule has 0 bridgehead atoms. The second kappa shape index (κ2) is 10.1. The second-order valence-corrected chi connectivity index (χ2v) is 8.18. The number of aliphatic imine (C=N–C) groups is 3. The first-order chi connectivity index (χ1) is 15.4. The van der Waals surface area contributed by atoms with Crippen molar-refractivity contribution < 1.29 is 4.79 Å². The molecule has 0 saturated heterocycles. The maximum atomic E-state index is 13.4. The Hall–Kier alpha value is -3.73. The number of hydrogen-bond acceptors (Lipinski definition) is 5. The molecule has 0 aromatic heterocycles. The predicted octanol–water partition coefficient (Wildman–Crippen LogP) is 2.88. The van der Waals surface area contributed by atoms with Crippen molar-refractivity contribution in [3.63, 3.8) is 0 Å². The Morgan fingerprint density at radius 1 is 1.31 bits per heavy atom. The number of nitrogens with zero attached hydrogens (tertiary/aromatic N) is 5. The molecule has 1 amide bonds. The van der Waals surface area contributed by atoms with Crippen molar-refractivity contribution in [3.05, 3.63) is 60.1 Å². The van der Waals surface area contributed by atoms with Crippen LogP contribution in [0.2, 0.25) is 0 Å². The molecule has 1 aromatic rings. The Morgan fingerprint density at radius 2 is 2.00 bits per heavy atom. The molecule has 4 N–H and O–H groups in total. The molecule has 1 unspecified atom stereocenters. The van der Waals surface area contributed by atoms with Crippen molar-refractivity contribution in [2.75, 3.05) is 6.54 Å². The summed E-state index contributed by atoms with van der Waals surface area (Å²) >= 11 is 0. The van der Waals surface area contributed by atoms with Gasteiger partial charge in [0.2, 0.25) is 0 Å². The largest absolute Gasteiger partial charge is 0.405 e. The fraction of sp³-hybridized carbons (Fsp3) is 0.375. The van der Waals surface area contributed by atoms with Gasteiger partial charge in [-0.05, 0) is 68.5 Å². The molecular formula is C24H29N7O. The number of nitriles is 1. The van der Waals surface area contributed by atoms with E-state index in [9.17, 15) is 10.1 Å². The minimum absolute atomic E-state index is 0.113. The van der Waals surface area contributed by atoms with Crippen LogP contribution in [0.5, 0.6) is 0 Å². The Bertz CT molecular complexity index is 1010. The van der Waals surface area contributed by atoms with Gasteiger partial charge in [0.25, 0.3) is 5.91 Å². The predicted molar refractivity (Wildman–Crippen MR) is 127 cm³/mol. The van der Waals surface area contributed by atoms with Crippen LogP contribution in [0, 0.1) is 17.2 Å². The van der Waals surface area contributed by atoms with Gasteiger partial charge in [-0.15, -0.1) is 0 Å². The molecule has 0 heterocycles. The van der Waals surface area contributed by atoms with Gasteiger partial charge in [0.05, 0.1) is 23.9 Å². The van der Waals surface area contributed by atoms with Gasteiger partial charge in [-0.3, -0.25) is 4.79 Å². The SMILES string of the molecule is C=C(N=C/C=C\N)N=C(N=CN)C(C)N(CC1CC1)C(=O)c1ccc(C2(C#N)CC2)cc1. The normalized spacial score (nSPS) is 18.7. The van der Waals surface area contributed by atoms with Crippen molar-refractivity contribution in [3.8, 4) is 6.07 Å². The van der Waals surface area contributed by atoms with E-state index >= 15 is 0 Å². The maximum Gasteiger partial charge on any atom is 0.254 e. The second-order valence-electron chi connectivity index (χ2n) is 8.18. The average Bonchev–Trinajstić information content (AvgIpc) is 3.72. The van der Waals surface area contributed by atoms with Gasteiger partial charge in [-0.1, -0.05) is 18.7 Å². The number of rotatable bonds is 9. The van der Waals surface area contributed by atoms with E-state index in [1.165, 1.54) is 12.4 Å². The minimum atomic E-state index is -0.437. The summed E-state index contributed by atoms with van der Waals surface area (Å²) in [6, 6.07) is 9.32. The summed E-state index contributed by atoms with van der Waals surface area (Å²) in [6.45, 7) is 6.28. The number of nitrogens with two attached hydrogens (primary N) is 2. The Balaban J connectivity index is 1.84. The molecule has 2 saturated carbocycles. The highest BCUT2D eigenvalue weighted by Gasteiger charge is 2.44. The number of carbonyl (C=O) groups is 1. The summed E-state index contributed by atoms with van der Waals surface area (Å²) in [5, 5.41) is 9.42. The monoisotopic (exact) mass is 431 g/mol. The molecule has 8 nitrogen and oxygen atoms in total. The van der Waals surface area contributed by atoms with Crippen molar-refractivity contribution >= 4 is 24.3 Å². The highest BCUT2D eigenvalue weighted by molar-refractivity contribution is 6.00. The lowest BCUT2D eigenvalue weighted by Gasteiger charge is -2.29. The summed E-state index contributed by atoms with van der Waals surface area (Å²) < 4.78 is 0. The Morgan fingerprint density at radius 3 is 2.53 bits per heavy atom. The third-order valence-electron chi connectivity index (χ3n) is 5.77. The zero-order valence-corrected chi connectivity index (χ0v) is 18.3. The Labute approximate surface area is 188 Å². The lowest BCUT2D eigenvalue weighted by Crippen LogP contribution is -2.44. The third-order valence-corrected chi connectivity index (χ3v) is 5.77. The first-order valence-corrected chi connectivity index (χ1v) is 10.7. The molecular weight excluding hydrogens is 402 g/mol. The summed E-state index contributed by atoms with van der Waals surface area (Å²) in [7, 11) is 0. The average molecular weight is 432 g/mol. The van der Waals surface area contributed by atoms with Crippen LogP contribution >= 0.6 is 0 Å². The van der Waals surface area contributed by atoms with Crippen molar-refractivity contribution in [2.45, 2.75) is 44.1 Å². The zero-order chi connectivity index (χ0) is 23.1. The zero-order valence-electron chi connectivity index (χ0n) is 18.3. The molecule has 2 fully saturated rings. The van der Waals surface area contributed by atoms with Gasteiger partial charge < -0.3 is 16.4 Å². The van der Waals surface area contributed by atoms with Crippen molar-refractivity contribution in [1.82, 2.24) is 4.90 Å². The van der Waals surface area contributed by atoms with Gasteiger partial charge in [0.1, 0.15) is 5.82 Å². The molecule has 3 rings (SSSR count). The number of amidine groups is 1. The van der Waals surface area contributed by atoms with Crippen molar-refractivity contribution in [1.29, 1.82) is 5.26 Å². The van der Waals surface area contributed by atoms with Crippen LogP contribution in [0.25, 0.3) is 0 Å². The number of allylic oxidation sites excluding steroid dienone is 1. The van der Waals surface area contributed by atoms with E-state index in [1.807, 2.05) is 19.1 Å². The number of benzene rings is 1. The van der Waals surface area contributed by atoms with Crippen LogP contribution in [0.15, 0.2) is 63.9 Å². The molecule has 1 aromatic carbocycles. The molecule has 166 valence electrons. The fourth-order valence-electron chi connectivity index (χ4n) is 3.47. The maximum absolute atomic E-state index is 13.4. The Kier molecular flexibility index (Phi) is 7.21. The van der Waals surface area contributed by atoms with E-state index in [1.54, 1.807) is 23.1 Å². The van der Waals surface area contributed by atoms with E-state index in [-0.39, 0.29) is 17.1 Å². The van der Waals surface area contributed by atoms with E-state index in [4.69, 9.17) is 11.5 Å². The fourth-order valence-corrected chi connectivity index (χ4v) is 3.47. The number of hydrogen-bond donors (Lipinski definition) is 2. The van der Waals surface area contributed by atoms with Crippen LogP contribution < -0.4 is 11.5 Å². The minimum Gasteiger partial charge on any atom is -0.405 e. The van der Waals surface area contributed by atoms with E-state index in [2.05, 4.69) is 27.6 Å². The molecule has 32 heavy (non-hydrogen) atoms. The molecule has 8 heteroatoms. The number of carbonyl (C=O) groups excluding carboxylic acids is 1. The molecule has 1 atom stereocenters. The van der Waals surface area contributed by atoms with E-state index in [0.717, 1.165) is 37.6 Å². The summed E-state index contributed by atoms with van der Waals surface area (Å²) in [4.78, 5) is 27.8. The van der Waals surface area contributed by atoms with Gasteiger partial charge in [-0.2, -0.15) is 5.26 Å². The van der Waals surface area contributed by atoms with Gasteiger partial charge in [0.15, 0.2) is 5.84 Å². The van der Waals surface area contributed by atoms with Gasteiger partial charge >= 0.3 is 0 Å². The topological polar surface area (TPSA) is 133 Å². The number of amides is 1. The first kappa shape index (κ1) is 22.9. The van der Waals surface area contributed by atoms with Crippen LogP contribution in [0.3, 0.4) is 0 Å². The van der Waals surface area contributed by atoms with Crippen molar-refractivity contribution in [2.24, 2.45) is 32.4 Å². The first-order valence-electron chi connectivity index (χ1n) is 10.7. The van der Waals surface area contributed by atoms with Crippen LogP contribution in [-0.2, 0) is 5.41 Å². The lowest BCUT2D eigenvalue weighted by molar-refractivity contribution is 0.0725. The summed E-state index contributed by atoms with van der Waals surface area (Å²) in [5.41, 5.74) is 12.0. The quantitative estimate of drug-likeness (QED) is 0.459.